The molecule has 0 spiro atoms. The number of carbonyl (C=O) groups is 3. The van der Waals surface area contributed by atoms with E-state index in [-0.39, 0.29) is 18.7 Å². The number of hydrogen-bond donors (Lipinski definition) is 2. The van der Waals surface area contributed by atoms with Gasteiger partial charge in [0, 0.05) is 22.8 Å². The summed E-state index contributed by atoms with van der Waals surface area (Å²) < 4.78 is 17.6. The average molecular weight is 393 g/mol. The number of ether oxygens (including phenoxy) is 1. The van der Waals surface area contributed by atoms with E-state index in [1.807, 2.05) is 6.92 Å². The molecule has 2 aromatic rings. The van der Waals surface area contributed by atoms with Gasteiger partial charge in [0.25, 0.3) is 5.91 Å². The minimum atomic E-state index is -0.679. The van der Waals surface area contributed by atoms with Crippen LogP contribution in [0.1, 0.15) is 18.4 Å². The van der Waals surface area contributed by atoms with Crippen molar-refractivity contribution in [3.8, 4) is 0 Å². The first kappa shape index (κ1) is 20.4. The van der Waals surface area contributed by atoms with E-state index in [9.17, 15) is 18.8 Å². The first-order valence-electron chi connectivity index (χ1n) is 8.10. The lowest BCUT2D eigenvalue weighted by molar-refractivity contribution is -0.147. The van der Waals surface area contributed by atoms with E-state index in [0.29, 0.717) is 16.4 Å². The summed E-state index contributed by atoms with van der Waals surface area (Å²) in [6.45, 7) is 1.35. The topological polar surface area (TPSA) is 84.5 Å². The lowest BCUT2D eigenvalue weighted by Gasteiger charge is -2.08. The number of carbonyl (C=O) groups excluding carboxylic acids is 3. The molecule has 0 atom stereocenters. The molecule has 0 saturated carbocycles. The van der Waals surface area contributed by atoms with E-state index in [1.54, 1.807) is 18.2 Å². The molecule has 0 unspecified atom stereocenters. The molecule has 2 rings (SSSR count). The fourth-order valence-corrected chi connectivity index (χ4v) is 2.24. The van der Waals surface area contributed by atoms with E-state index >= 15 is 0 Å². The Morgan fingerprint density at radius 1 is 0.963 bits per heavy atom. The minimum absolute atomic E-state index is 0.0933. The summed E-state index contributed by atoms with van der Waals surface area (Å²) in [4.78, 5) is 35.2. The van der Waals surface area contributed by atoms with Gasteiger partial charge in [-0.3, -0.25) is 14.4 Å². The number of anilines is 2. The predicted octanol–water partition coefficient (Wildman–Crippen LogP) is 3.69. The number of esters is 1. The fourth-order valence-electron chi connectivity index (χ4n) is 2.06. The highest BCUT2D eigenvalue weighted by atomic mass is 35.5. The van der Waals surface area contributed by atoms with Gasteiger partial charge in [0.2, 0.25) is 5.91 Å². The highest BCUT2D eigenvalue weighted by molar-refractivity contribution is 6.31. The van der Waals surface area contributed by atoms with Gasteiger partial charge in [-0.1, -0.05) is 17.7 Å². The lowest BCUT2D eigenvalue weighted by Crippen LogP contribution is -2.21. The highest BCUT2D eigenvalue weighted by Gasteiger charge is 2.11. The van der Waals surface area contributed by atoms with Crippen molar-refractivity contribution in [3.05, 3.63) is 58.9 Å². The number of aryl methyl sites for hydroxylation is 1. The number of nitrogens with one attached hydrogen (secondary N) is 2. The third-order valence-corrected chi connectivity index (χ3v) is 3.91. The molecule has 0 fully saturated rings. The van der Waals surface area contributed by atoms with Gasteiger partial charge in [-0.15, -0.1) is 0 Å². The maximum absolute atomic E-state index is 12.8. The van der Waals surface area contributed by atoms with Crippen LogP contribution in [0.5, 0.6) is 0 Å². The van der Waals surface area contributed by atoms with Crippen molar-refractivity contribution in [1.29, 1.82) is 0 Å². The Bertz CT molecular complexity index is 840. The standard InChI is InChI=1S/C19H18ClFN2O4/c1-12-2-5-15(10-16(12)20)23-17(24)8-9-19(26)27-11-18(25)22-14-6-3-13(21)4-7-14/h2-7,10H,8-9,11H2,1H3,(H,22,25)(H,23,24). The molecule has 0 saturated heterocycles. The largest absolute Gasteiger partial charge is 0.456 e. The number of rotatable bonds is 7. The Morgan fingerprint density at radius 3 is 2.26 bits per heavy atom. The lowest BCUT2D eigenvalue weighted by atomic mass is 10.2. The van der Waals surface area contributed by atoms with E-state index in [4.69, 9.17) is 16.3 Å². The maximum Gasteiger partial charge on any atom is 0.306 e. The number of hydrogen-bond acceptors (Lipinski definition) is 4. The molecule has 0 radical (unpaired) electrons. The van der Waals surface area contributed by atoms with Crippen molar-refractivity contribution in [3.63, 3.8) is 0 Å². The summed E-state index contributed by atoms with van der Waals surface area (Å²) in [6.07, 6.45) is -0.265. The van der Waals surface area contributed by atoms with Crippen molar-refractivity contribution in [2.45, 2.75) is 19.8 Å². The van der Waals surface area contributed by atoms with Crippen LogP contribution in [-0.2, 0) is 19.1 Å². The van der Waals surface area contributed by atoms with Crippen LogP contribution in [0.3, 0.4) is 0 Å². The fraction of sp³-hybridized carbons (Fsp3) is 0.211. The van der Waals surface area contributed by atoms with E-state index in [0.717, 1.165) is 5.56 Å². The van der Waals surface area contributed by atoms with E-state index in [2.05, 4.69) is 10.6 Å². The zero-order valence-corrected chi connectivity index (χ0v) is 15.3. The van der Waals surface area contributed by atoms with Crippen LogP contribution >= 0.6 is 11.6 Å². The van der Waals surface area contributed by atoms with Gasteiger partial charge in [-0.2, -0.15) is 0 Å². The molecule has 8 heteroatoms. The molecule has 2 N–H and O–H groups in total. The first-order valence-corrected chi connectivity index (χ1v) is 8.48. The Hall–Kier alpha value is -2.93. The summed E-state index contributed by atoms with van der Waals surface area (Å²) in [7, 11) is 0. The number of amides is 2. The van der Waals surface area contributed by atoms with Crippen LogP contribution in [-0.4, -0.2) is 24.4 Å². The zero-order valence-electron chi connectivity index (χ0n) is 14.6. The number of halogens is 2. The average Bonchev–Trinajstić information content (AvgIpc) is 2.63. The van der Waals surface area contributed by atoms with Crippen LogP contribution in [0.2, 0.25) is 5.02 Å². The van der Waals surface area contributed by atoms with Gasteiger partial charge in [0.05, 0.1) is 6.42 Å². The highest BCUT2D eigenvalue weighted by Crippen LogP contribution is 2.20. The normalized spacial score (nSPS) is 10.2. The van der Waals surface area contributed by atoms with Crippen molar-refractivity contribution in [1.82, 2.24) is 0 Å². The first-order chi connectivity index (χ1) is 12.8. The Balaban J connectivity index is 1.69. The molecule has 2 aromatic carbocycles. The third kappa shape index (κ3) is 7.07. The van der Waals surface area contributed by atoms with Crippen molar-refractivity contribution in [2.24, 2.45) is 0 Å². The van der Waals surface area contributed by atoms with Crippen molar-refractivity contribution >= 4 is 40.8 Å². The quantitative estimate of drug-likeness (QED) is 0.704. The van der Waals surface area contributed by atoms with E-state index < -0.39 is 24.3 Å². The van der Waals surface area contributed by atoms with Crippen LogP contribution in [0.4, 0.5) is 15.8 Å². The second-order valence-electron chi connectivity index (χ2n) is 5.73. The summed E-state index contributed by atoms with van der Waals surface area (Å²) in [6, 6.07) is 10.3. The molecule has 2 amide bonds. The molecule has 6 nitrogen and oxygen atoms in total. The van der Waals surface area contributed by atoms with Gasteiger partial charge < -0.3 is 15.4 Å². The Labute approximate surface area is 160 Å². The molecular formula is C19H18ClFN2O4. The summed E-state index contributed by atoms with van der Waals surface area (Å²) in [5, 5.41) is 5.61. The second-order valence-corrected chi connectivity index (χ2v) is 6.14. The van der Waals surface area contributed by atoms with E-state index in [1.165, 1.54) is 24.3 Å². The summed E-state index contributed by atoms with van der Waals surface area (Å²) in [5.41, 5.74) is 1.80. The van der Waals surface area contributed by atoms with Crippen molar-refractivity contribution < 1.29 is 23.5 Å². The van der Waals surface area contributed by atoms with Gasteiger partial charge in [-0.05, 0) is 48.9 Å². The molecule has 0 heterocycles. The molecule has 0 aromatic heterocycles. The molecule has 27 heavy (non-hydrogen) atoms. The van der Waals surface area contributed by atoms with Crippen LogP contribution in [0.25, 0.3) is 0 Å². The van der Waals surface area contributed by atoms with Gasteiger partial charge in [-0.25, -0.2) is 4.39 Å². The van der Waals surface area contributed by atoms with Gasteiger partial charge in [0.15, 0.2) is 6.61 Å². The predicted molar refractivity (Wildman–Crippen MR) is 100 cm³/mol. The number of benzene rings is 2. The molecule has 142 valence electrons. The Kier molecular flexibility index (Phi) is 7.31. The summed E-state index contributed by atoms with van der Waals surface area (Å²) >= 11 is 5.98. The van der Waals surface area contributed by atoms with Crippen molar-refractivity contribution in [2.75, 3.05) is 17.2 Å². The Morgan fingerprint density at radius 2 is 1.59 bits per heavy atom. The smallest absolute Gasteiger partial charge is 0.306 e. The SMILES string of the molecule is Cc1ccc(NC(=O)CCC(=O)OCC(=O)Nc2ccc(F)cc2)cc1Cl. The zero-order chi connectivity index (χ0) is 19.8. The second kappa shape index (κ2) is 9.68. The third-order valence-electron chi connectivity index (χ3n) is 3.50. The summed E-state index contributed by atoms with van der Waals surface area (Å²) in [5.74, 6) is -2.04. The maximum atomic E-state index is 12.8. The molecule has 0 aliphatic carbocycles. The van der Waals surface area contributed by atoms with Gasteiger partial charge in [0.1, 0.15) is 5.82 Å². The van der Waals surface area contributed by atoms with Crippen LogP contribution in [0.15, 0.2) is 42.5 Å². The monoisotopic (exact) mass is 392 g/mol. The molecule has 0 aliphatic heterocycles. The molecular weight excluding hydrogens is 375 g/mol. The van der Waals surface area contributed by atoms with Crippen LogP contribution in [0, 0.1) is 12.7 Å². The van der Waals surface area contributed by atoms with Crippen LogP contribution < -0.4 is 10.6 Å². The molecule has 0 aliphatic rings. The minimum Gasteiger partial charge on any atom is -0.456 e. The molecule has 0 bridgehead atoms. The van der Waals surface area contributed by atoms with Gasteiger partial charge >= 0.3 is 5.97 Å².